The van der Waals surface area contributed by atoms with Crippen molar-refractivity contribution >= 4 is 23.5 Å². The summed E-state index contributed by atoms with van der Waals surface area (Å²) in [5.74, 6) is -3.86. The van der Waals surface area contributed by atoms with Crippen LogP contribution >= 0.6 is 0 Å². The second-order valence-corrected chi connectivity index (χ2v) is 11.4. The fraction of sp³-hybridized carbons (Fsp3) is 0.704. The number of aliphatic hydroxyl groups is 1. The van der Waals surface area contributed by atoms with Crippen molar-refractivity contribution in [1.82, 2.24) is 4.90 Å². The minimum Gasteiger partial charge on any atom is -0.458 e. The summed E-state index contributed by atoms with van der Waals surface area (Å²) in [5, 5.41) is 10.9. The van der Waals surface area contributed by atoms with E-state index in [0.717, 1.165) is 25.9 Å². The first-order chi connectivity index (χ1) is 17.0. The predicted molar refractivity (Wildman–Crippen MR) is 126 cm³/mol. The van der Waals surface area contributed by atoms with E-state index in [0.29, 0.717) is 30.4 Å². The molecule has 1 saturated carbocycles. The molecule has 0 aromatic carbocycles. The number of hydrogen-bond donors (Lipinski definition) is 1. The van der Waals surface area contributed by atoms with E-state index in [-0.39, 0.29) is 18.1 Å². The number of ketones is 2. The van der Waals surface area contributed by atoms with Crippen molar-refractivity contribution in [3.8, 4) is 0 Å². The van der Waals surface area contributed by atoms with E-state index in [1.165, 1.54) is 14.0 Å². The summed E-state index contributed by atoms with van der Waals surface area (Å²) < 4.78 is 17.2. The maximum Gasteiger partial charge on any atom is 0.336 e. The van der Waals surface area contributed by atoms with Crippen LogP contribution in [-0.2, 0) is 33.4 Å². The zero-order chi connectivity index (χ0) is 26.0. The average molecular weight is 502 g/mol. The predicted octanol–water partition coefficient (Wildman–Crippen LogP) is 1.72. The molecule has 0 radical (unpaired) electrons. The van der Waals surface area contributed by atoms with Crippen LogP contribution in [0.15, 0.2) is 22.9 Å². The zero-order valence-corrected chi connectivity index (χ0v) is 21.4. The number of carbonyl (C=O) groups excluding carboxylic acids is 4. The third-order valence-corrected chi connectivity index (χ3v) is 9.34. The van der Waals surface area contributed by atoms with E-state index in [1.54, 1.807) is 6.20 Å². The number of allylic oxidation sites excluding steroid dienone is 1. The van der Waals surface area contributed by atoms with Crippen LogP contribution in [0.5, 0.6) is 0 Å². The lowest BCUT2D eigenvalue weighted by molar-refractivity contribution is -0.175. The Morgan fingerprint density at radius 3 is 2.53 bits per heavy atom. The SMILES string of the molecule is COC[C@H]1OC(=O)/C(=C\N2CCCC2)C2C(=O)C(=O)C3=C([C@H](OC(C)=O)C[C@]4(C)C(O)CC[C@@H]34)[C@]21C. The number of esters is 2. The van der Waals surface area contributed by atoms with Gasteiger partial charge in [0.2, 0.25) is 11.6 Å². The van der Waals surface area contributed by atoms with Gasteiger partial charge in [-0.1, -0.05) is 13.8 Å². The first kappa shape index (κ1) is 25.1. The van der Waals surface area contributed by atoms with E-state index in [2.05, 4.69) is 0 Å². The second-order valence-electron chi connectivity index (χ2n) is 11.4. The van der Waals surface area contributed by atoms with Gasteiger partial charge in [0.25, 0.3) is 0 Å². The summed E-state index contributed by atoms with van der Waals surface area (Å²) >= 11 is 0. The van der Waals surface area contributed by atoms with Gasteiger partial charge in [-0.15, -0.1) is 0 Å². The second kappa shape index (κ2) is 8.80. The van der Waals surface area contributed by atoms with Crippen LogP contribution in [0.25, 0.3) is 0 Å². The zero-order valence-electron chi connectivity index (χ0n) is 21.4. The highest BCUT2D eigenvalue weighted by Crippen LogP contribution is 2.63. The van der Waals surface area contributed by atoms with Crippen molar-refractivity contribution in [2.45, 2.75) is 71.2 Å². The molecule has 0 spiro atoms. The Bertz CT molecular complexity index is 1070. The molecule has 2 heterocycles. The van der Waals surface area contributed by atoms with Crippen molar-refractivity contribution < 1.29 is 38.5 Å². The van der Waals surface area contributed by atoms with Gasteiger partial charge in [-0.3, -0.25) is 14.4 Å². The quantitative estimate of drug-likeness (QED) is 0.349. The standard InChI is InChI=1S/C27H35NO8/c1-14(29)35-17-11-26(2)16(7-8-18(26)30)20-22(17)27(3)19(13-34-4)36-25(33)15(12-28-9-5-6-10-28)21(27)24(32)23(20)31/h12,16-19,21,30H,5-11,13H2,1-4H3/b15-12-/t16-,17+,18?,19+,21?,26-,27-/m0/s1. The van der Waals surface area contributed by atoms with Crippen LogP contribution < -0.4 is 0 Å². The number of hydrogen-bond acceptors (Lipinski definition) is 9. The minimum atomic E-state index is -1.15. The van der Waals surface area contributed by atoms with Gasteiger partial charge >= 0.3 is 11.9 Å². The minimum absolute atomic E-state index is 0.0192. The van der Waals surface area contributed by atoms with Crippen LogP contribution in [-0.4, -0.2) is 78.6 Å². The molecule has 9 heteroatoms. The third-order valence-electron chi connectivity index (χ3n) is 9.34. The van der Waals surface area contributed by atoms with Crippen molar-refractivity contribution in [1.29, 1.82) is 0 Å². The van der Waals surface area contributed by atoms with Crippen LogP contribution in [0, 0.1) is 22.7 Å². The molecule has 0 aromatic heterocycles. The Morgan fingerprint density at radius 1 is 1.19 bits per heavy atom. The molecule has 0 bridgehead atoms. The average Bonchev–Trinajstić information content (AvgIpc) is 3.42. The van der Waals surface area contributed by atoms with Crippen LogP contribution in [0.3, 0.4) is 0 Å². The highest BCUT2D eigenvalue weighted by molar-refractivity contribution is 6.47. The number of fused-ring (bicyclic) bond motifs is 4. The lowest BCUT2D eigenvalue weighted by atomic mass is 9.50. The van der Waals surface area contributed by atoms with E-state index in [1.807, 2.05) is 18.7 Å². The topological polar surface area (TPSA) is 119 Å². The number of aliphatic hydroxyl groups excluding tert-OH is 1. The highest BCUT2D eigenvalue weighted by Gasteiger charge is 2.67. The van der Waals surface area contributed by atoms with Crippen LogP contribution in [0.2, 0.25) is 0 Å². The lowest BCUT2D eigenvalue weighted by Gasteiger charge is -2.56. The molecule has 2 saturated heterocycles. The molecule has 2 unspecified atom stereocenters. The van der Waals surface area contributed by atoms with Crippen molar-refractivity contribution in [2.24, 2.45) is 22.7 Å². The number of methoxy groups -OCH3 is 1. The number of rotatable bonds is 4. The number of ether oxygens (including phenoxy) is 3. The molecule has 196 valence electrons. The monoisotopic (exact) mass is 501 g/mol. The summed E-state index contributed by atoms with van der Waals surface area (Å²) in [5.41, 5.74) is -0.821. The van der Waals surface area contributed by atoms with Gasteiger partial charge in [-0.05, 0) is 43.6 Å². The van der Waals surface area contributed by atoms with Gasteiger partial charge in [-0.2, -0.15) is 0 Å². The summed E-state index contributed by atoms with van der Waals surface area (Å²) in [4.78, 5) is 55.3. The van der Waals surface area contributed by atoms with Crippen molar-refractivity contribution in [2.75, 3.05) is 26.8 Å². The largest absolute Gasteiger partial charge is 0.458 e. The molecule has 5 rings (SSSR count). The highest BCUT2D eigenvalue weighted by atomic mass is 16.6. The van der Waals surface area contributed by atoms with Gasteiger partial charge in [0, 0.05) is 49.7 Å². The van der Waals surface area contributed by atoms with E-state index < -0.39 is 58.6 Å². The number of likely N-dealkylation sites (tertiary alicyclic amines) is 1. The van der Waals surface area contributed by atoms with Crippen molar-refractivity contribution in [3.63, 3.8) is 0 Å². The molecule has 1 N–H and O–H groups in total. The smallest absolute Gasteiger partial charge is 0.336 e. The molecular weight excluding hydrogens is 466 g/mol. The molecule has 7 atom stereocenters. The maximum absolute atomic E-state index is 13.9. The number of nitrogens with zero attached hydrogens (tertiary/aromatic N) is 1. The lowest BCUT2D eigenvalue weighted by Crippen LogP contribution is -2.63. The number of Topliss-reactive ketones (excluding diaryl/α,β-unsaturated/α-hetero) is 2. The molecule has 2 aliphatic heterocycles. The Hall–Kier alpha value is -2.52. The van der Waals surface area contributed by atoms with Crippen LogP contribution in [0.4, 0.5) is 0 Å². The summed E-state index contributed by atoms with van der Waals surface area (Å²) in [7, 11) is 1.49. The Balaban J connectivity index is 1.75. The number of carbonyl (C=O) groups is 4. The summed E-state index contributed by atoms with van der Waals surface area (Å²) in [6, 6.07) is 0. The van der Waals surface area contributed by atoms with Gasteiger partial charge in [0.1, 0.15) is 12.2 Å². The van der Waals surface area contributed by atoms with Gasteiger partial charge in [0.05, 0.1) is 24.2 Å². The fourth-order valence-electron chi connectivity index (χ4n) is 7.56. The van der Waals surface area contributed by atoms with E-state index in [4.69, 9.17) is 14.2 Å². The molecule has 36 heavy (non-hydrogen) atoms. The number of cyclic esters (lactones) is 1. The van der Waals surface area contributed by atoms with Gasteiger partial charge in [0.15, 0.2) is 0 Å². The summed E-state index contributed by atoms with van der Waals surface area (Å²) in [6.07, 6.45) is 2.63. The maximum atomic E-state index is 13.9. The first-order valence-corrected chi connectivity index (χ1v) is 12.9. The molecule has 5 aliphatic rings. The summed E-state index contributed by atoms with van der Waals surface area (Å²) in [6.45, 7) is 6.56. The molecule has 0 aromatic rings. The molecule has 3 fully saturated rings. The fourth-order valence-corrected chi connectivity index (χ4v) is 7.56. The van der Waals surface area contributed by atoms with Gasteiger partial charge < -0.3 is 24.2 Å². The van der Waals surface area contributed by atoms with Crippen LogP contribution in [0.1, 0.15) is 52.9 Å². The Morgan fingerprint density at radius 2 is 1.89 bits per heavy atom. The molecule has 3 aliphatic carbocycles. The molecule has 9 nitrogen and oxygen atoms in total. The van der Waals surface area contributed by atoms with E-state index in [9.17, 15) is 24.3 Å². The molecule has 0 amide bonds. The third kappa shape index (κ3) is 3.49. The van der Waals surface area contributed by atoms with Crippen molar-refractivity contribution in [3.05, 3.63) is 22.9 Å². The Labute approximate surface area is 210 Å². The molecular formula is C27H35NO8. The van der Waals surface area contributed by atoms with Gasteiger partial charge in [-0.25, -0.2) is 4.79 Å². The normalized spacial score (nSPS) is 41.2. The Kier molecular flexibility index (Phi) is 6.15. The first-order valence-electron chi connectivity index (χ1n) is 12.9. The van der Waals surface area contributed by atoms with E-state index >= 15 is 0 Å².